The number of hydrogen-bond donors (Lipinski definition) is 2. The van der Waals surface area contributed by atoms with E-state index in [1.807, 2.05) is 11.8 Å². The standard InChI is InChI=1S/C12H16N2O2S2/c15-11(16)8-3-4-9-10(8)14-12(18-9)13-7-2-1-5-17-6-7/h7-8H,1-6H2,(H,13,14)(H,15,16). The number of thiazole rings is 1. The van der Waals surface area contributed by atoms with Gasteiger partial charge < -0.3 is 10.4 Å². The maximum absolute atomic E-state index is 11.1. The van der Waals surface area contributed by atoms with E-state index in [-0.39, 0.29) is 5.92 Å². The Morgan fingerprint density at radius 3 is 3.06 bits per heavy atom. The van der Waals surface area contributed by atoms with Crippen LogP contribution in [0.3, 0.4) is 0 Å². The van der Waals surface area contributed by atoms with E-state index in [4.69, 9.17) is 5.11 Å². The zero-order valence-corrected chi connectivity index (χ0v) is 11.6. The van der Waals surface area contributed by atoms with Crippen molar-refractivity contribution in [3.63, 3.8) is 0 Å². The Morgan fingerprint density at radius 2 is 2.33 bits per heavy atom. The largest absolute Gasteiger partial charge is 0.481 e. The van der Waals surface area contributed by atoms with E-state index in [2.05, 4.69) is 10.3 Å². The fourth-order valence-electron chi connectivity index (χ4n) is 2.56. The molecule has 0 spiro atoms. The number of carboxylic acid groups (broad SMARTS) is 1. The van der Waals surface area contributed by atoms with Gasteiger partial charge in [0.1, 0.15) is 5.92 Å². The van der Waals surface area contributed by atoms with E-state index in [0.29, 0.717) is 12.5 Å². The first-order valence-electron chi connectivity index (χ1n) is 6.30. The molecule has 1 aromatic heterocycles. The van der Waals surface area contributed by atoms with Gasteiger partial charge in [0, 0.05) is 16.7 Å². The summed E-state index contributed by atoms with van der Waals surface area (Å²) in [4.78, 5) is 16.8. The Balaban J connectivity index is 1.71. The summed E-state index contributed by atoms with van der Waals surface area (Å²) in [5.41, 5.74) is 0.804. The summed E-state index contributed by atoms with van der Waals surface area (Å²) in [5, 5.41) is 13.5. The first-order valence-corrected chi connectivity index (χ1v) is 8.28. The minimum absolute atomic E-state index is 0.382. The van der Waals surface area contributed by atoms with Crippen LogP contribution in [0.4, 0.5) is 5.13 Å². The number of aryl methyl sites for hydroxylation is 1. The highest BCUT2D eigenvalue weighted by atomic mass is 32.2. The lowest BCUT2D eigenvalue weighted by molar-refractivity contribution is -0.138. The minimum atomic E-state index is -0.737. The third-order valence-corrected chi connectivity index (χ3v) is 5.78. The van der Waals surface area contributed by atoms with Gasteiger partial charge in [0.05, 0.1) is 5.69 Å². The van der Waals surface area contributed by atoms with Crippen molar-refractivity contribution in [3.8, 4) is 0 Å². The number of aliphatic carboxylic acids is 1. The number of hydrogen-bond acceptors (Lipinski definition) is 5. The molecule has 98 valence electrons. The number of carboxylic acids is 1. The predicted molar refractivity (Wildman–Crippen MR) is 74.8 cm³/mol. The van der Waals surface area contributed by atoms with Gasteiger partial charge in [0.2, 0.25) is 0 Å². The van der Waals surface area contributed by atoms with Gasteiger partial charge in [-0.05, 0) is 31.4 Å². The number of carbonyl (C=O) groups is 1. The van der Waals surface area contributed by atoms with Gasteiger partial charge >= 0.3 is 5.97 Å². The molecule has 1 aromatic rings. The number of rotatable bonds is 3. The first kappa shape index (κ1) is 12.3. The summed E-state index contributed by atoms with van der Waals surface area (Å²) in [5.74, 6) is 1.27. The molecule has 0 bridgehead atoms. The van der Waals surface area contributed by atoms with Crippen LogP contribution in [0.15, 0.2) is 0 Å². The number of nitrogens with one attached hydrogen (secondary N) is 1. The summed E-state index contributed by atoms with van der Waals surface area (Å²) in [6, 6.07) is 0.498. The van der Waals surface area contributed by atoms with E-state index in [9.17, 15) is 4.79 Å². The number of anilines is 1. The lowest BCUT2D eigenvalue weighted by atomic mass is 10.1. The Kier molecular flexibility index (Phi) is 3.48. The first-order chi connectivity index (χ1) is 8.74. The molecular formula is C12H16N2O2S2. The zero-order chi connectivity index (χ0) is 12.5. The average molecular weight is 284 g/mol. The van der Waals surface area contributed by atoms with Crippen LogP contribution in [0.1, 0.15) is 35.8 Å². The normalized spacial score (nSPS) is 26.9. The molecule has 0 saturated carbocycles. The molecule has 6 heteroatoms. The van der Waals surface area contributed by atoms with Crippen molar-refractivity contribution < 1.29 is 9.90 Å². The van der Waals surface area contributed by atoms with Crippen molar-refractivity contribution >= 4 is 34.2 Å². The SMILES string of the molecule is O=C(O)C1CCc2sc(NC3CCCSC3)nc21. The van der Waals surface area contributed by atoms with E-state index in [0.717, 1.165) is 27.9 Å². The molecule has 1 saturated heterocycles. The molecule has 1 aliphatic heterocycles. The maximum atomic E-state index is 11.1. The second-order valence-corrected chi connectivity index (χ2v) is 7.05. The van der Waals surface area contributed by atoms with Crippen LogP contribution in [0.5, 0.6) is 0 Å². The molecule has 2 atom stereocenters. The van der Waals surface area contributed by atoms with Gasteiger partial charge in [-0.25, -0.2) is 4.98 Å². The fourth-order valence-corrected chi connectivity index (χ4v) is 4.75. The van der Waals surface area contributed by atoms with Crippen LogP contribution in [0.25, 0.3) is 0 Å². The van der Waals surface area contributed by atoms with E-state index in [1.165, 1.54) is 18.6 Å². The number of thioether (sulfide) groups is 1. The zero-order valence-electron chi connectivity index (χ0n) is 10.0. The topological polar surface area (TPSA) is 62.2 Å². The monoisotopic (exact) mass is 284 g/mol. The number of fused-ring (bicyclic) bond motifs is 1. The van der Waals surface area contributed by atoms with Gasteiger partial charge in [-0.1, -0.05) is 0 Å². The molecule has 0 amide bonds. The van der Waals surface area contributed by atoms with Crippen molar-refractivity contribution in [1.29, 1.82) is 0 Å². The molecule has 0 aromatic carbocycles. The maximum Gasteiger partial charge on any atom is 0.312 e. The third kappa shape index (κ3) is 2.36. The molecular weight excluding hydrogens is 268 g/mol. The van der Waals surface area contributed by atoms with E-state index in [1.54, 1.807) is 11.3 Å². The van der Waals surface area contributed by atoms with Gasteiger partial charge in [-0.3, -0.25) is 4.79 Å². The molecule has 3 rings (SSSR count). The fraction of sp³-hybridized carbons (Fsp3) is 0.667. The summed E-state index contributed by atoms with van der Waals surface area (Å²) in [6.45, 7) is 0. The highest BCUT2D eigenvalue weighted by Gasteiger charge is 2.32. The van der Waals surface area contributed by atoms with Gasteiger partial charge in [0.25, 0.3) is 0 Å². The van der Waals surface area contributed by atoms with Gasteiger partial charge in [0.15, 0.2) is 5.13 Å². The lowest BCUT2D eigenvalue weighted by Gasteiger charge is -2.21. The van der Waals surface area contributed by atoms with Crippen LogP contribution >= 0.6 is 23.1 Å². The van der Waals surface area contributed by atoms with Crippen LogP contribution in [0, 0.1) is 0 Å². The third-order valence-electron chi connectivity index (χ3n) is 3.50. The molecule has 2 unspecified atom stereocenters. The Labute approximate surface area is 114 Å². The van der Waals surface area contributed by atoms with Crippen LogP contribution in [0.2, 0.25) is 0 Å². The average Bonchev–Trinajstić information content (AvgIpc) is 2.89. The Morgan fingerprint density at radius 1 is 1.44 bits per heavy atom. The molecule has 4 nitrogen and oxygen atoms in total. The van der Waals surface area contributed by atoms with E-state index < -0.39 is 5.97 Å². The van der Waals surface area contributed by atoms with Gasteiger partial charge in [-0.2, -0.15) is 11.8 Å². The lowest BCUT2D eigenvalue weighted by Crippen LogP contribution is -2.25. The van der Waals surface area contributed by atoms with Crippen molar-refractivity contribution in [2.24, 2.45) is 0 Å². The van der Waals surface area contributed by atoms with Gasteiger partial charge in [-0.15, -0.1) is 11.3 Å². The minimum Gasteiger partial charge on any atom is -0.481 e. The Bertz CT molecular complexity index is 455. The summed E-state index contributed by atoms with van der Waals surface area (Å²) in [6.07, 6.45) is 4.03. The highest BCUT2D eigenvalue weighted by molar-refractivity contribution is 7.99. The molecule has 0 radical (unpaired) electrons. The summed E-state index contributed by atoms with van der Waals surface area (Å²) in [7, 11) is 0. The molecule has 2 N–H and O–H groups in total. The second kappa shape index (κ2) is 5.09. The van der Waals surface area contributed by atoms with E-state index >= 15 is 0 Å². The molecule has 18 heavy (non-hydrogen) atoms. The van der Waals surface area contributed by atoms with Crippen LogP contribution in [-0.4, -0.2) is 33.6 Å². The summed E-state index contributed by atoms with van der Waals surface area (Å²) >= 11 is 3.62. The van der Waals surface area contributed by atoms with Crippen molar-refractivity contribution in [2.75, 3.05) is 16.8 Å². The number of aromatic nitrogens is 1. The highest BCUT2D eigenvalue weighted by Crippen LogP contribution is 2.38. The van der Waals surface area contributed by atoms with Crippen molar-refractivity contribution in [3.05, 3.63) is 10.6 Å². The molecule has 2 heterocycles. The van der Waals surface area contributed by atoms with Crippen LogP contribution in [-0.2, 0) is 11.2 Å². The number of nitrogens with zero attached hydrogens (tertiary/aromatic N) is 1. The molecule has 1 fully saturated rings. The Hall–Kier alpha value is -0.750. The van der Waals surface area contributed by atoms with Crippen molar-refractivity contribution in [2.45, 2.75) is 37.6 Å². The smallest absolute Gasteiger partial charge is 0.312 e. The van der Waals surface area contributed by atoms with Crippen LogP contribution < -0.4 is 5.32 Å². The second-order valence-electron chi connectivity index (χ2n) is 4.82. The summed E-state index contributed by atoms with van der Waals surface area (Å²) < 4.78 is 0. The molecule has 2 aliphatic rings. The molecule has 1 aliphatic carbocycles. The quantitative estimate of drug-likeness (QED) is 0.893. The predicted octanol–water partition coefficient (Wildman–Crippen LogP) is 2.57. The van der Waals surface area contributed by atoms with Crippen molar-refractivity contribution in [1.82, 2.24) is 4.98 Å².